The minimum Gasteiger partial charge on any atom is -0.326 e. The Morgan fingerprint density at radius 3 is 2.70 bits per heavy atom. The monoisotopic (exact) mass is 314 g/mol. The van der Waals surface area contributed by atoms with Gasteiger partial charge in [-0.3, -0.25) is 4.79 Å². The van der Waals surface area contributed by atoms with Gasteiger partial charge in [0.25, 0.3) is 0 Å². The van der Waals surface area contributed by atoms with E-state index in [0.717, 1.165) is 25.6 Å². The summed E-state index contributed by atoms with van der Waals surface area (Å²) in [4.78, 5) is 14.3. The quantitative estimate of drug-likeness (QED) is 0.909. The van der Waals surface area contributed by atoms with Crippen LogP contribution in [0, 0.1) is 5.92 Å². The van der Waals surface area contributed by atoms with Crippen molar-refractivity contribution in [3.05, 3.63) is 28.2 Å². The van der Waals surface area contributed by atoms with Crippen LogP contribution in [0.15, 0.2) is 18.2 Å². The maximum atomic E-state index is 11.9. The van der Waals surface area contributed by atoms with Crippen molar-refractivity contribution in [2.24, 2.45) is 5.92 Å². The lowest BCUT2D eigenvalue weighted by Crippen LogP contribution is -2.36. The van der Waals surface area contributed by atoms with Crippen molar-refractivity contribution in [2.75, 3.05) is 25.0 Å². The van der Waals surface area contributed by atoms with Gasteiger partial charge in [0.1, 0.15) is 0 Å². The van der Waals surface area contributed by atoms with Crippen molar-refractivity contribution in [3.8, 4) is 0 Å². The number of benzene rings is 1. The van der Waals surface area contributed by atoms with Crippen LogP contribution in [0.5, 0.6) is 0 Å². The second-order valence-corrected chi connectivity index (χ2v) is 6.38. The highest BCUT2D eigenvalue weighted by Gasteiger charge is 2.16. The van der Waals surface area contributed by atoms with Crippen molar-refractivity contribution in [2.45, 2.75) is 26.2 Å². The van der Waals surface area contributed by atoms with Crippen molar-refractivity contribution in [3.63, 3.8) is 0 Å². The highest BCUT2D eigenvalue weighted by atomic mass is 35.5. The summed E-state index contributed by atoms with van der Waals surface area (Å²) in [7, 11) is 0. The van der Waals surface area contributed by atoms with Crippen LogP contribution in [0.4, 0.5) is 5.69 Å². The van der Waals surface area contributed by atoms with E-state index in [9.17, 15) is 4.79 Å². The number of rotatable bonds is 4. The number of hydrogen-bond acceptors (Lipinski definition) is 2. The Bertz CT molecular complexity index is 459. The van der Waals surface area contributed by atoms with Gasteiger partial charge in [-0.15, -0.1) is 0 Å². The Morgan fingerprint density at radius 1 is 1.35 bits per heavy atom. The summed E-state index contributed by atoms with van der Waals surface area (Å²) in [6.45, 7) is 5.27. The second-order valence-electron chi connectivity index (χ2n) is 5.50. The average molecular weight is 315 g/mol. The smallest absolute Gasteiger partial charge is 0.225 e. The number of nitrogens with zero attached hydrogens (tertiary/aromatic N) is 1. The topological polar surface area (TPSA) is 32.3 Å². The summed E-state index contributed by atoms with van der Waals surface area (Å²) < 4.78 is 0. The predicted molar refractivity (Wildman–Crippen MR) is 84.5 cm³/mol. The fourth-order valence-corrected chi connectivity index (χ4v) is 3.12. The highest BCUT2D eigenvalue weighted by molar-refractivity contribution is 6.35. The summed E-state index contributed by atoms with van der Waals surface area (Å²) in [5.74, 6) is 0.736. The van der Waals surface area contributed by atoms with Crippen LogP contribution in [-0.4, -0.2) is 30.4 Å². The van der Waals surface area contributed by atoms with Crippen molar-refractivity contribution >= 4 is 34.8 Å². The molecule has 1 N–H and O–H groups in total. The molecule has 1 aromatic rings. The summed E-state index contributed by atoms with van der Waals surface area (Å²) in [5.41, 5.74) is 0.652. The summed E-state index contributed by atoms with van der Waals surface area (Å²) >= 11 is 11.8. The van der Waals surface area contributed by atoms with E-state index < -0.39 is 0 Å². The number of piperidine rings is 1. The lowest BCUT2D eigenvalue weighted by Gasteiger charge is -2.30. The fraction of sp³-hybridized carbons (Fsp3) is 0.533. The van der Waals surface area contributed by atoms with E-state index in [1.807, 2.05) is 0 Å². The molecule has 1 aliphatic rings. The molecule has 3 nitrogen and oxygen atoms in total. The number of anilines is 1. The number of nitrogens with one attached hydrogen (secondary N) is 1. The van der Waals surface area contributed by atoms with Crippen molar-refractivity contribution in [1.29, 1.82) is 0 Å². The lowest BCUT2D eigenvalue weighted by molar-refractivity contribution is -0.116. The van der Waals surface area contributed by atoms with Gasteiger partial charge in [0.15, 0.2) is 0 Å². The molecule has 110 valence electrons. The molecule has 1 aromatic carbocycles. The summed E-state index contributed by atoms with van der Waals surface area (Å²) in [6.07, 6.45) is 3.02. The first-order valence-electron chi connectivity index (χ1n) is 7.01. The van der Waals surface area contributed by atoms with Gasteiger partial charge in [-0.25, -0.2) is 0 Å². The van der Waals surface area contributed by atoms with Gasteiger partial charge in [0, 0.05) is 35.2 Å². The van der Waals surface area contributed by atoms with E-state index in [1.54, 1.807) is 18.2 Å². The standard InChI is InChI=1S/C15H20Cl2N2O/c1-11-3-2-5-19(10-11)6-4-15(20)18-14-8-12(16)7-13(17)9-14/h7-9,11H,2-6,10H2,1H3,(H,18,20). The SMILES string of the molecule is CC1CCCN(CCC(=O)Nc2cc(Cl)cc(Cl)c2)C1. The molecule has 1 amide bonds. The zero-order chi connectivity index (χ0) is 14.5. The molecule has 0 bridgehead atoms. The van der Waals surface area contributed by atoms with E-state index in [1.165, 1.54) is 12.8 Å². The van der Waals surface area contributed by atoms with Crippen LogP contribution in [0.25, 0.3) is 0 Å². The molecule has 0 saturated carbocycles. The third kappa shape index (κ3) is 4.97. The Morgan fingerprint density at radius 2 is 2.05 bits per heavy atom. The first kappa shape index (κ1) is 15.6. The van der Waals surface area contributed by atoms with Gasteiger partial charge < -0.3 is 10.2 Å². The molecule has 5 heteroatoms. The number of carbonyl (C=O) groups excluding carboxylic acids is 1. The number of amides is 1. The fourth-order valence-electron chi connectivity index (χ4n) is 2.60. The molecule has 1 fully saturated rings. The Labute approximate surface area is 130 Å². The molecule has 0 aromatic heterocycles. The van der Waals surface area contributed by atoms with E-state index in [4.69, 9.17) is 23.2 Å². The largest absolute Gasteiger partial charge is 0.326 e. The third-order valence-electron chi connectivity index (χ3n) is 3.54. The van der Waals surface area contributed by atoms with Crippen LogP contribution in [-0.2, 0) is 4.79 Å². The van der Waals surface area contributed by atoms with Gasteiger partial charge in [-0.05, 0) is 43.5 Å². The van der Waals surface area contributed by atoms with Gasteiger partial charge in [0.2, 0.25) is 5.91 Å². The Hall–Kier alpha value is -0.770. The average Bonchev–Trinajstić information content (AvgIpc) is 2.35. The second kappa shape index (κ2) is 7.30. The lowest BCUT2D eigenvalue weighted by atomic mass is 10.0. The number of carbonyl (C=O) groups is 1. The maximum absolute atomic E-state index is 11.9. The van der Waals surface area contributed by atoms with E-state index >= 15 is 0 Å². The Balaban J connectivity index is 1.80. The number of likely N-dealkylation sites (tertiary alicyclic amines) is 1. The molecule has 1 aliphatic heterocycles. The van der Waals surface area contributed by atoms with Gasteiger partial charge in [-0.2, -0.15) is 0 Å². The van der Waals surface area contributed by atoms with Crippen LogP contribution >= 0.6 is 23.2 Å². The normalized spacial score (nSPS) is 19.9. The van der Waals surface area contributed by atoms with Crippen LogP contribution < -0.4 is 5.32 Å². The Kier molecular flexibility index (Phi) is 5.70. The first-order valence-corrected chi connectivity index (χ1v) is 7.77. The molecule has 0 aliphatic carbocycles. The van der Waals surface area contributed by atoms with E-state index in [-0.39, 0.29) is 5.91 Å². The van der Waals surface area contributed by atoms with Crippen LogP contribution in [0.3, 0.4) is 0 Å². The molecular weight excluding hydrogens is 295 g/mol. The van der Waals surface area contributed by atoms with E-state index in [2.05, 4.69) is 17.1 Å². The van der Waals surface area contributed by atoms with Crippen molar-refractivity contribution in [1.82, 2.24) is 4.90 Å². The zero-order valence-electron chi connectivity index (χ0n) is 11.7. The maximum Gasteiger partial charge on any atom is 0.225 e. The highest BCUT2D eigenvalue weighted by Crippen LogP contribution is 2.22. The molecule has 2 rings (SSSR count). The zero-order valence-corrected chi connectivity index (χ0v) is 13.2. The molecule has 1 atom stereocenters. The van der Waals surface area contributed by atoms with Crippen LogP contribution in [0.2, 0.25) is 10.0 Å². The molecule has 20 heavy (non-hydrogen) atoms. The van der Waals surface area contributed by atoms with Crippen molar-refractivity contribution < 1.29 is 4.79 Å². The molecule has 1 saturated heterocycles. The minimum absolute atomic E-state index is 0.00144. The van der Waals surface area contributed by atoms with Gasteiger partial charge >= 0.3 is 0 Å². The minimum atomic E-state index is 0.00144. The molecule has 1 unspecified atom stereocenters. The number of hydrogen-bond donors (Lipinski definition) is 1. The molecule has 1 heterocycles. The number of halogens is 2. The van der Waals surface area contributed by atoms with Gasteiger partial charge in [-0.1, -0.05) is 30.1 Å². The molecular formula is C15H20Cl2N2O. The summed E-state index contributed by atoms with van der Waals surface area (Å²) in [6, 6.07) is 5.05. The summed E-state index contributed by atoms with van der Waals surface area (Å²) in [5, 5.41) is 3.89. The molecule has 0 radical (unpaired) electrons. The van der Waals surface area contributed by atoms with Crippen LogP contribution in [0.1, 0.15) is 26.2 Å². The predicted octanol–water partition coefficient (Wildman–Crippen LogP) is 4.05. The third-order valence-corrected chi connectivity index (χ3v) is 3.98. The van der Waals surface area contributed by atoms with E-state index in [0.29, 0.717) is 22.2 Å². The first-order chi connectivity index (χ1) is 9.52. The molecule has 0 spiro atoms. The van der Waals surface area contributed by atoms with Gasteiger partial charge in [0.05, 0.1) is 0 Å².